The third-order valence-corrected chi connectivity index (χ3v) is 6.16. The summed E-state index contributed by atoms with van der Waals surface area (Å²) in [5, 5.41) is 11.1. The molecule has 1 aromatic heterocycles. The van der Waals surface area contributed by atoms with Gasteiger partial charge in [0.25, 0.3) is 10.0 Å². The maximum absolute atomic E-state index is 12.5. The normalized spacial score (nSPS) is 11.1. The first-order valence-corrected chi connectivity index (χ1v) is 9.95. The van der Waals surface area contributed by atoms with Gasteiger partial charge in [0.1, 0.15) is 4.90 Å². The number of thiazole rings is 1. The van der Waals surface area contributed by atoms with Crippen molar-refractivity contribution in [1.29, 1.82) is 5.26 Å². The van der Waals surface area contributed by atoms with Crippen molar-refractivity contribution in [2.24, 2.45) is 0 Å². The second-order valence-electron chi connectivity index (χ2n) is 4.91. The number of rotatable bonds is 4. The molecule has 3 rings (SSSR count). The summed E-state index contributed by atoms with van der Waals surface area (Å²) in [6.07, 6.45) is 0. The Kier molecular flexibility index (Phi) is 4.97. The van der Waals surface area contributed by atoms with Crippen molar-refractivity contribution in [1.82, 2.24) is 4.98 Å². The minimum atomic E-state index is -3.91. The maximum atomic E-state index is 12.5. The van der Waals surface area contributed by atoms with Crippen LogP contribution in [0.25, 0.3) is 11.3 Å². The molecular formula is C16H9Cl2N3O2S2. The van der Waals surface area contributed by atoms with E-state index in [1.54, 1.807) is 29.6 Å². The molecule has 0 saturated heterocycles. The zero-order valence-electron chi connectivity index (χ0n) is 12.4. The summed E-state index contributed by atoms with van der Waals surface area (Å²) in [4.78, 5) is 4.15. The summed E-state index contributed by atoms with van der Waals surface area (Å²) in [6.45, 7) is 0. The molecule has 0 amide bonds. The minimum absolute atomic E-state index is 0.0702. The number of benzene rings is 2. The van der Waals surface area contributed by atoms with E-state index < -0.39 is 10.0 Å². The molecular weight excluding hydrogens is 401 g/mol. The van der Waals surface area contributed by atoms with Crippen molar-refractivity contribution in [2.75, 3.05) is 4.72 Å². The molecule has 0 aliphatic rings. The van der Waals surface area contributed by atoms with Crippen molar-refractivity contribution in [3.63, 3.8) is 0 Å². The van der Waals surface area contributed by atoms with Crippen LogP contribution in [0.3, 0.4) is 0 Å². The van der Waals surface area contributed by atoms with Gasteiger partial charge in [-0.05, 0) is 30.3 Å². The minimum Gasteiger partial charge on any atom is -0.255 e. The Morgan fingerprint density at radius 1 is 1.12 bits per heavy atom. The number of aromatic nitrogens is 1. The highest BCUT2D eigenvalue weighted by molar-refractivity contribution is 7.93. The average Bonchev–Trinajstić information content (AvgIpc) is 3.04. The van der Waals surface area contributed by atoms with E-state index in [2.05, 4.69) is 9.71 Å². The molecule has 0 fully saturated rings. The first-order chi connectivity index (χ1) is 11.9. The summed E-state index contributed by atoms with van der Waals surface area (Å²) >= 11 is 12.9. The number of nitrogens with zero attached hydrogens (tertiary/aromatic N) is 2. The zero-order valence-corrected chi connectivity index (χ0v) is 15.5. The second-order valence-corrected chi connectivity index (χ2v) is 8.26. The van der Waals surface area contributed by atoms with E-state index >= 15 is 0 Å². The molecule has 126 valence electrons. The maximum Gasteiger partial charge on any atom is 0.265 e. The largest absolute Gasteiger partial charge is 0.265 e. The van der Waals surface area contributed by atoms with Crippen molar-refractivity contribution in [2.45, 2.75) is 4.90 Å². The Balaban J connectivity index is 1.87. The molecule has 25 heavy (non-hydrogen) atoms. The van der Waals surface area contributed by atoms with E-state index in [-0.39, 0.29) is 20.1 Å². The van der Waals surface area contributed by atoms with E-state index in [1.807, 2.05) is 6.07 Å². The summed E-state index contributed by atoms with van der Waals surface area (Å²) in [7, 11) is -3.91. The number of sulfonamides is 1. The smallest absolute Gasteiger partial charge is 0.255 e. The quantitative estimate of drug-likeness (QED) is 0.671. The molecule has 0 spiro atoms. The van der Waals surface area contributed by atoms with Crippen molar-refractivity contribution in [3.05, 3.63) is 63.5 Å². The molecule has 5 nitrogen and oxygen atoms in total. The van der Waals surface area contributed by atoms with E-state index in [1.165, 1.54) is 18.2 Å². The van der Waals surface area contributed by atoms with E-state index in [9.17, 15) is 8.42 Å². The fourth-order valence-electron chi connectivity index (χ4n) is 2.02. The number of nitriles is 1. The van der Waals surface area contributed by atoms with Crippen molar-refractivity contribution < 1.29 is 8.42 Å². The molecule has 0 unspecified atom stereocenters. The van der Waals surface area contributed by atoms with Crippen LogP contribution in [0.15, 0.2) is 52.7 Å². The van der Waals surface area contributed by atoms with Crippen LogP contribution >= 0.6 is 34.5 Å². The van der Waals surface area contributed by atoms with Crippen LogP contribution in [0.1, 0.15) is 5.56 Å². The Morgan fingerprint density at radius 3 is 2.52 bits per heavy atom. The lowest BCUT2D eigenvalue weighted by molar-refractivity contribution is 0.601. The number of anilines is 1. The third kappa shape index (κ3) is 3.94. The van der Waals surface area contributed by atoms with Crippen LogP contribution in [0.4, 0.5) is 5.13 Å². The third-order valence-electron chi connectivity index (χ3n) is 3.22. The van der Waals surface area contributed by atoms with E-state index in [4.69, 9.17) is 28.5 Å². The predicted octanol–water partition coefficient (Wildman–Crippen LogP) is 4.79. The van der Waals surface area contributed by atoms with Crippen LogP contribution in [0.2, 0.25) is 10.0 Å². The number of halogens is 2. The molecule has 0 saturated carbocycles. The molecule has 1 N–H and O–H groups in total. The number of hydrogen-bond acceptors (Lipinski definition) is 5. The van der Waals surface area contributed by atoms with Crippen LogP contribution in [-0.4, -0.2) is 13.4 Å². The molecule has 0 radical (unpaired) electrons. The van der Waals surface area contributed by atoms with Crippen molar-refractivity contribution >= 4 is 49.7 Å². The number of hydrogen-bond donors (Lipinski definition) is 1. The Hall–Kier alpha value is -2.11. The van der Waals surface area contributed by atoms with Gasteiger partial charge in [-0.15, -0.1) is 11.3 Å². The van der Waals surface area contributed by atoms with Gasteiger partial charge in [0.15, 0.2) is 5.13 Å². The second kappa shape index (κ2) is 7.02. The Bertz CT molecular complexity index is 1070. The average molecular weight is 410 g/mol. The Labute approximate surface area is 158 Å². The molecule has 1 heterocycles. The lowest BCUT2D eigenvalue weighted by Gasteiger charge is -2.07. The van der Waals surface area contributed by atoms with Crippen molar-refractivity contribution in [3.8, 4) is 17.3 Å². The highest BCUT2D eigenvalue weighted by Crippen LogP contribution is 2.30. The standard InChI is InChI=1S/C16H9Cl2N3O2S2/c17-12-5-6-13(18)15(7-12)25(22,23)21-16-20-14(9-24-16)11-3-1-10(8-19)2-4-11/h1-7,9H,(H,20,21). The SMILES string of the molecule is N#Cc1ccc(-c2csc(NS(=O)(=O)c3cc(Cl)ccc3Cl)n2)cc1. The van der Waals surface area contributed by atoms with Gasteiger partial charge < -0.3 is 0 Å². The predicted molar refractivity (Wildman–Crippen MR) is 99.5 cm³/mol. The summed E-state index contributed by atoms with van der Waals surface area (Å²) in [5.41, 5.74) is 1.92. The van der Waals surface area contributed by atoms with Gasteiger partial charge in [-0.25, -0.2) is 13.4 Å². The van der Waals surface area contributed by atoms with Gasteiger partial charge in [0, 0.05) is 16.0 Å². The summed E-state index contributed by atoms with van der Waals surface area (Å²) in [5.74, 6) is 0. The van der Waals surface area contributed by atoms with Crippen LogP contribution < -0.4 is 4.72 Å². The van der Waals surface area contributed by atoms with Gasteiger partial charge >= 0.3 is 0 Å². The Morgan fingerprint density at radius 2 is 1.84 bits per heavy atom. The molecule has 3 aromatic rings. The van der Waals surface area contributed by atoms with Crippen LogP contribution in [-0.2, 0) is 10.0 Å². The number of nitrogens with one attached hydrogen (secondary N) is 1. The molecule has 0 atom stereocenters. The monoisotopic (exact) mass is 409 g/mol. The van der Waals surface area contributed by atoms with E-state index in [0.717, 1.165) is 16.9 Å². The fourth-order valence-corrected chi connectivity index (χ4v) is 4.76. The fraction of sp³-hybridized carbons (Fsp3) is 0. The first-order valence-electron chi connectivity index (χ1n) is 6.83. The van der Waals surface area contributed by atoms with Gasteiger partial charge in [-0.3, -0.25) is 4.72 Å². The first kappa shape index (κ1) is 17.7. The van der Waals surface area contributed by atoms with Gasteiger partial charge in [0.2, 0.25) is 0 Å². The lowest BCUT2D eigenvalue weighted by atomic mass is 10.1. The van der Waals surface area contributed by atoms with Gasteiger partial charge in [-0.1, -0.05) is 35.3 Å². The lowest BCUT2D eigenvalue weighted by Crippen LogP contribution is -2.13. The van der Waals surface area contributed by atoms with Crippen LogP contribution in [0.5, 0.6) is 0 Å². The molecule has 0 aliphatic carbocycles. The molecule has 2 aromatic carbocycles. The molecule has 0 aliphatic heterocycles. The summed E-state index contributed by atoms with van der Waals surface area (Å²) < 4.78 is 27.4. The summed E-state index contributed by atoms with van der Waals surface area (Å²) in [6, 6.07) is 13.1. The highest BCUT2D eigenvalue weighted by atomic mass is 35.5. The highest BCUT2D eigenvalue weighted by Gasteiger charge is 2.20. The zero-order chi connectivity index (χ0) is 18.0. The van der Waals surface area contributed by atoms with E-state index in [0.29, 0.717) is 11.3 Å². The molecule has 0 bridgehead atoms. The van der Waals surface area contributed by atoms with Gasteiger partial charge in [-0.2, -0.15) is 5.26 Å². The van der Waals surface area contributed by atoms with Gasteiger partial charge in [0.05, 0.1) is 22.3 Å². The topological polar surface area (TPSA) is 82.9 Å². The molecule has 9 heteroatoms. The van der Waals surface area contributed by atoms with Crippen LogP contribution in [0, 0.1) is 11.3 Å².